The summed E-state index contributed by atoms with van der Waals surface area (Å²) in [4.78, 5) is 11.7. The highest BCUT2D eigenvalue weighted by molar-refractivity contribution is 7.89. The van der Waals surface area contributed by atoms with Crippen molar-refractivity contribution in [3.63, 3.8) is 0 Å². The molecule has 1 aliphatic rings. The minimum absolute atomic E-state index is 0.213. The topological polar surface area (TPSA) is 91.4 Å². The molecule has 0 aromatic heterocycles. The zero-order valence-corrected chi connectivity index (χ0v) is 17.9. The molecule has 0 bridgehead atoms. The first kappa shape index (κ1) is 22.4. The number of carbonyl (C=O) groups is 1. The van der Waals surface area contributed by atoms with Crippen LogP contribution in [0.2, 0.25) is 5.02 Å². The van der Waals surface area contributed by atoms with Crippen molar-refractivity contribution in [2.75, 3.05) is 46.6 Å². The molecule has 2 aromatic carbocycles. The predicted octanol–water partition coefficient (Wildman–Crippen LogP) is 2.61. The maximum Gasteiger partial charge on any atom is 0.337 e. The van der Waals surface area contributed by atoms with Gasteiger partial charge in [0.2, 0.25) is 10.0 Å². The fraction of sp³-hybridized carbons (Fsp3) is 0.350. The van der Waals surface area contributed by atoms with E-state index in [2.05, 4.69) is 4.74 Å². The number of esters is 1. The molecule has 1 fully saturated rings. The van der Waals surface area contributed by atoms with Gasteiger partial charge in [-0.15, -0.1) is 0 Å². The van der Waals surface area contributed by atoms with Crippen LogP contribution in [-0.2, 0) is 19.5 Å². The van der Waals surface area contributed by atoms with Gasteiger partial charge in [0.1, 0.15) is 24.7 Å². The van der Waals surface area contributed by atoms with E-state index in [4.69, 9.17) is 25.8 Å². The molecule has 8 nitrogen and oxygen atoms in total. The minimum Gasteiger partial charge on any atom is -0.490 e. The van der Waals surface area contributed by atoms with E-state index < -0.39 is 16.0 Å². The van der Waals surface area contributed by atoms with Crippen molar-refractivity contribution >= 4 is 27.6 Å². The van der Waals surface area contributed by atoms with Crippen molar-refractivity contribution in [1.29, 1.82) is 0 Å². The molecule has 2 aromatic rings. The van der Waals surface area contributed by atoms with E-state index >= 15 is 0 Å². The van der Waals surface area contributed by atoms with E-state index in [1.54, 1.807) is 24.3 Å². The molecule has 0 aliphatic carbocycles. The first-order valence-corrected chi connectivity index (χ1v) is 11.0. The second-order valence-corrected chi connectivity index (χ2v) is 8.67. The lowest BCUT2D eigenvalue weighted by Gasteiger charge is -2.26. The Kier molecular flexibility index (Phi) is 7.54. The summed E-state index contributed by atoms with van der Waals surface area (Å²) < 4.78 is 47.6. The number of ether oxygens (including phenoxy) is 4. The van der Waals surface area contributed by atoms with E-state index in [1.165, 1.54) is 29.6 Å². The molecule has 162 valence electrons. The summed E-state index contributed by atoms with van der Waals surface area (Å²) in [6.45, 7) is 1.93. The van der Waals surface area contributed by atoms with Crippen LogP contribution in [0.5, 0.6) is 11.5 Å². The molecule has 0 amide bonds. The van der Waals surface area contributed by atoms with Crippen molar-refractivity contribution in [3.8, 4) is 11.5 Å². The lowest BCUT2D eigenvalue weighted by atomic mass is 10.2. The molecule has 1 aliphatic heterocycles. The number of carbonyl (C=O) groups excluding carboxylic acids is 1. The number of halogens is 1. The molecule has 0 atom stereocenters. The zero-order valence-electron chi connectivity index (χ0n) is 16.4. The Labute approximate surface area is 180 Å². The van der Waals surface area contributed by atoms with Crippen LogP contribution in [0.4, 0.5) is 0 Å². The highest BCUT2D eigenvalue weighted by Crippen LogP contribution is 2.26. The highest BCUT2D eigenvalue weighted by atomic mass is 35.5. The summed E-state index contributed by atoms with van der Waals surface area (Å²) >= 11 is 6.11. The summed E-state index contributed by atoms with van der Waals surface area (Å²) in [7, 11) is -2.24. The third-order valence-electron chi connectivity index (χ3n) is 4.39. The van der Waals surface area contributed by atoms with Crippen LogP contribution in [-0.4, -0.2) is 65.3 Å². The van der Waals surface area contributed by atoms with Crippen LogP contribution < -0.4 is 9.47 Å². The molecule has 1 heterocycles. The third-order valence-corrected chi connectivity index (χ3v) is 6.60. The third kappa shape index (κ3) is 5.42. The first-order chi connectivity index (χ1) is 14.4. The van der Waals surface area contributed by atoms with Gasteiger partial charge in [-0.1, -0.05) is 11.6 Å². The van der Waals surface area contributed by atoms with Gasteiger partial charge in [0.05, 0.1) is 35.8 Å². The Bertz CT molecular complexity index is 973. The number of nitrogens with zero attached hydrogens (tertiary/aromatic N) is 1. The van der Waals surface area contributed by atoms with Gasteiger partial charge in [0.15, 0.2) is 0 Å². The largest absolute Gasteiger partial charge is 0.490 e. The molecule has 30 heavy (non-hydrogen) atoms. The fourth-order valence-electron chi connectivity index (χ4n) is 2.82. The maximum absolute atomic E-state index is 12.6. The lowest BCUT2D eigenvalue weighted by Crippen LogP contribution is -2.40. The molecule has 0 unspecified atom stereocenters. The highest BCUT2D eigenvalue weighted by Gasteiger charge is 2.26. The number of sulfonamides is 1. The Balaban J connectivity index is 1.50. The molecule has 0 spiro atoms. The molecule has 0 radical (unpaired) electrons. The molecular weight excluding hydrogens is 434 g/mol. The van der Waals surface area contributed by atoms with E-state index in [1.807, 2.05) is 0 Å². The van der Waals surface area contributed by atoms with E-state index in [-0.39, 0.29) is 23.1 Å². The lowest BCUT2D eigenvalue weighted by molar-refractivity contribution is 0.0600. The number of morpholine rings is 1. The van der Waals surface area contributed by atoms with E-state index in [9.17, 15) is 13.2 Å². The van der Waals surface area contributed by atoms with Gasteiger partial charge in [-0.3, -0.25) is 0 Å². The van der Waals surface area contributed by atoms with Crippen LogP contribution in [0.3, 0.4) is 0 Å². The summed E-state index contributed by atoms with van der Waals surface area (Å²) in [5.41, 5.74) is 0.332. The van der Waals surface area contributed by atoms with Crippen molar-refractivity contribution in [2.24, 2.45) is 0 Å². The van der Waals surface area contributed by atoms with Crippen molar-refractivity contribution in [1.82, 2.24) is 4.31 Å². The van der Waals surface area contributed by atoms with Crippen molar-refractivity contribution < 1.29 is 32.2 Å². The average molecular weight is 456 g/mol. The number of methoxy groups -OCH3 is 1. The van der Waals surface area contributed by atoms with Crippen LogP contribution >= 0.6 is 11.6 Å². The van der Waals surface area contributed by atoms with Gasteiger partial charge in [0.25, 0.3) is 0 Å². The summed E-state index contributed by atoms with van der Waals surface area (Å²) in [5.74, 6) is 0.456. The molecule has 10 heteroatoms. The molecule has 0 N–H and O–H groups in total. The van der Waals surface area contributed by atoms with Gasteiger partial charge in [-0.2, -0.15) is 4.31 Å². The summed E-state index contributed by atoms with van der Waals surface area (Å²) in [6.07, 6.45) is 0. The Morgan fingerprint density at radius 1 is 1.07 bits per heavy atom. The van der Waals surface area contributed by atoms with Gasteiger partial charge >= 0.3 is 5.97 Å². The van der Waals surface area contributed by atoms with Gasteiger partial charge in [0, 0.05) is 13.1 Å². The predicted molar refractivity (Wildman–Crippen MR) is 110 cm³/mol. The second-order valence-electron chi connectivity index (χ2n) is 6.32. The molecular formula is C20H22ClNO7S. The first-order valence-electron chi connectivity index (χ1n) is 9.23. The fourth-order valence-corrected chi connectivity index (χ4v) is 4.46. The van der Waals surface area contributed by atoms with Gasteiger partial charge in [-0.05, 0) is 42.5 Å². The smallest absolute Gasteiger partial charge is 0.337 e. The van der Waals surface area contributed by atoms with Crippen molar-refractivity contribution in [3.05, 3.63) is 53.1 Å². The van der Waals surface area contributed by atoms with Crippen LogP contribution in [0, 0.1) is 0 Å². The normalized spacial score (nSPS) is 14.9. The Morgan fingerprint density at radius 3 is 2.37 bits per heavy atom. The molecule has 3 rings (SSSR count). The number of hydrogen-bond acceptors (Lipinski definition) is 7. The average Bonchev–Trinajstić information content (AvgIpc) is 2.78. The SMILES string of the molecule is COC(=O)c1ccc(OCCOc2ccc(S(=O)(=O)N3CCOCC3)cc2)c(Cl)c1. The molecule has 1 saturated heterocycles. The maximum atomic E-state index is 12.6. The standard InChI is InChI=1S/C20H22ClNO7S/c1-26-20(23)15-2-7-19(18(21)14-15)29-13-12-28-16-3-5-17(6-4-16)30(24,25)22-8-10-27-11-9-22/h2-7,14H,8-13H2,1H3. The second kappa shape index (κ2) is 10.1. The number of rotatable bonds is 8. The monoisotopic (exact) mass is 455 g/mol. The number of hydrogen-bond donors (Lipinski definition) is 0. The van der Waals surface area contributed by atoms with Crippen LogP contribution in [0.15, 0.2) is 47.4 Å². The quantitative estimate of drug-likeness (QED) is 0.446. The van der Waals surface area contributed by atoms with E-state index in [0.717, 1.165) is 0 Å². The van der Waals surface area contributed by atoms with Crippen LogP contribution in [0.25, 0.3) is 0 Å². The van der Waals surface area contributed by atoms with Crippen molar-refractivity contribution in [2.45, 2.75) is 4.90 Å². The Hall–Kier alpha value is -2.33. The Morgan fingerprint density at radius 2 is 1.73 bits per heavy atom. The minimum atomic E-state index is -3.53. The summed E-state index contributed by atoms with van der Waals surface area (Å²) in [5, 5.41) is 0.288. The van der Waals surface area contributed by atoms with Gasteiger partial charge < -0.3 is 18.9 Å². The van der Waals surface area contributed by atoms with Crippen LogP contribution in [0.1, 0.15) is 10.4 Å². The molecule has 0 saturated carbocycles. The van der Waals surface area contributed by atoms with Gasteiger partial charge in [-0.25, -0.2) is 13.2 Å². The number of benzene rings is 2. The summed E-state index contributed by atoms with van der Waals surface area (Å²) in [6, 6.07) is 10.8. The zero-order chi connectivity index (χ0) is 21.6. The van der Waals surface area contributed by atoms with E-state index in [0.29, 0.717) is 43.4 Å².